The van der Waals surface area contributed by atoms with Gasteiger partial charge in [0.05, 0.1) is 0 Å². The van der Waals surface area contributed by atoms with E-state index in [1.165, 1.54) is 0 Å². The lowest BCUT2D eigenvalue weighted by Gasteiger charge is -1.95. The Morgan fingerprint density at radius 2 is 2.45 bits per heavy atom. The van der Waals surface area contributed by atoms with Gasteiger partial charge in [-0.25, -0.2) is 4.98 Å². The quantitative estimate of drug-likeness (QED) is 0.634. The Morgan fingerprint density at radius 3 is 3.27 bits per heavy atom. The molecule has 0 fully saturated rings. The van der Waals surface area contributed by atoms with Crippen LogP contribution in [0.2, 0.25) is 0 Å². The average Bonchev–Trinajstić information content (AvgIpc) is 2.50. The molecule has 0 aliphatic rings. The fourth-order valence-electron chi connectivity index (χ4n) is 0.960. The maximum atomic E-state index is 4.18. The van der Waals surface area contributed by atoms with Crippen molar-refractivity contribution in [3.63, 3.8) is 0 Å². The van der Waals surface area contributed by atoms with Crippen molar-refractivity contribution in [2.75, 3.05) is 12.4 Å². The summed E-state index contributed by atoms with van der Waals surface area (Å²) in [4.78, 5) is 11.2. The molecular formula is C7H8N4. The molecule has 0 spiro atoms. The Hall–Kier alpha value is -1.58. The van der Waals surface area contributed by atoms with E-state index < -0.39 is 0 Å². The molecule has 56 valence electrons. The molecule has 4 nitrogen and oxygen atoms in total. The van der Waals surface area contributed by atoms with Crippen LogP contribution in [0.1, 0.15) is 0 Å². The molecule has 0 radical (unpaired) electrons. The minimum absolute atomic E-state index is 0.639. The van der Waals surface area contributed by atoms with Crippen molar-refractivity contribution >= 4 is 17.0 Å². The molecule has 2 heterocycles. The van der Waals surface area contributed by atoms with Gasteiger partial charge in [-0.15, -0.1) is 0 Å². The van der Waals surface area contributed by atoms with Crippen LogP contribution in [0.5, 0.6) is 0 Å². The van der Waals surface area contributed by atoms with Crippen LogP contribution >= 0.6 is 0 Å². The van der Waals surface area contributed by atoms with Crippen LogP contribution in [0.4, 0.5) is 5.95 Å². The first-order valence-electron chi connectivity index (χ1n) is 3.38. The Balaban J connectivity index is 2.67. The van der Waals surface area contributed by atoms with Gasteiger partial charge in [0, 0.05) is 24.8 Å². The second-order valence-electron chi connectivity index (χ2n) is 2.23. The predicted octanol–water partition coefficient (Wildman–Crippen LogP) is 1.000. The zero-order valence-electron chi connectivity index (χ0n) is 6.13. The highest BCUT2D eigenvalue weighted by atomic mass is 15.1. The summed E-state index contributed by atoms with van der Waals surface area (Å²) in [6.07, 6.45) is 3.63. The summed E-state index contributed by atoms with van der Waals surface area (Å²) in [6, 6.07) is 1.94. The second kappa shape index (κ2) is 2.23. The smallest absolute Gasteiger partial charge is 0.224 e. The third-order valence-electron chi connectivity index (χ3n) is 1.52. The first-order chi connectivity index (χ1) is 5.40. The Kier molecular flexibility index (Phi) is 1.25. The van der Waals surface area contributed by atoms with Gasteiger partial charge in [-0.2, -0.15) is 4.98 Å². The molecule has 0 aromatic carbocycles. The van der Waals surface area contributed by atoms with Gasteiger partial charge in [-0.05, 0) is 6.07 Å². The van der Waals surface area contributed by atoms with Gasteiger partial charge in [-0.3, -0.25) is 0 Å². The van der Waals surface area contributed by atoms with Gasteiger partial charge in [-0.1, -0.05) is 0 Å². The van der Waals surface area contributed by atoms with Crippen LogP contribution in [-0.4, -0.2) is 22.0 Å². The topological polar surface area (TPSA) is 53.6 Å². The van der Waals surface area contributed by atoms with Gasteiger partial charge in [0.25, 0.3) is 0 Å². The fraction of sp³-hybridized carbons (Fsp3) is 0.143. The molecule has 2 rings (SSSR count). The van der Waals surface area contributed by atoms with Crippen LogP contribution in [0, 0.1) is 0 Å². The molecule has 0 unspecified atom stereocenters. The molecule has 2 aromatic rings. The average molecular weight is 148 g/mol. The first kappa shape index (κ1) is 6.15. The van der Waals surface area contributed by atoms with Crippen LogP contribution in [0.15, 0.2) is 18.5 Å². The van der Waals surface area contributed by atoms with E-state index in [1.54, 1.807) is 13.2 Å². The van der Waals surface area contributed by atoms with Gasteiger partial charge < -0.3 is 10.3 Å². The van der Waals surface area contributed by atoms with Gasteiger partial charge in [0.15, 0.2) is 0 Å². The predicted molar refractivity (Wildman–Crippen MR) is 43.4 cm³/mol. The normalized spacial score (nSPS) is 10.3. The van der Waals surface area contributed by atoms with Gasteiger partial charge >= 0.3 is 0 Å². The molecule has 0 aliphatic carbocycles. The lowest BCUT2D eigenvalue weighted by Crippen LogP contribution is -1.94. The summed E-state index contributed by atoms with van der Waals surface area (Å²) < 4.78 is 0. The first-order valence-corrected chi connectivity index (χ1v) is 3.38. The fourth-order valence-corrected chi connectivity index (χ4v) is 0.960. The number of hydrogen-bond acceptors (Lipinski definition) is 3. The van der Waals surface area contributed by atoms with Crippen molar-refractivity contribution in [1.29, 1.82) is 0 Å². The Labute approximate surface area is 63.7 Å². The van der Waals surface area contributed by atoms with Crippen molar-refractivity contribution in [1.82, 2.24) is 15.0 Å². The standard InChI is InChI=1S/C7H8N4/c1-8-7-10-4-5-2-3-9-6(5)11-7/h2-4H,1H3,(H2,8,9,10,11). The van der Waals surface area contributed by atoms with Gasteiger partial charge in [0.2, 0.25) is 5.95 Å². The van der Waals surface area contributed by atoms with Crippen molar-refractivity contribution in [3.8, 4) is 0 Å². The van der Waals surface area contributed by atoms with E-state index in [-0.39, 0.29) is 0 Å². The van der Waals surface area contributed by atoms with Crippen molar-refractivity contribution in [2.24, 2.45) is 0 Å². The summed E-state index contributed by atoms with van der Waals surface area (Å²) in [5, 5.41) is 3.90. The molecule has 2 N–H and O–H groups in total. The molecule has 4 heteroatoms. The number of nitrogens with zero attached hydrogens (tertiary/aromatic N) is 2. The maximum absolute atomic E-state index is 4.18. The van der Waals surface area contributed by atoms with Crippen LogP contribution < -0.4 is 5.32 Å². The molecule has 0 atom stereocenters. The largest absolute Gasteiger partial charge is 0.357 e. The molecule has 0 amide bonds. The van der Waals surface area contributed by atoms with E-state index in [0.29, 0.717) is 5.95 Å². The monoisotopic (exact) mass is 148 g/mol. The Morgan fingerprint density at radius 1 is 1.55 bits per heavy atom. The van der Waals surface area contributed by atoms with E-state index in [1.807, 2.05) is 12.3 Å². The summed E-state index contributed by atoms with van der Waals surface area (Å²) in [5.41, 5.74) is 0.865. The number of aromatic amines is 1. The van der Waals surface area contributed by atoms with E-state index in [2.05, 4.69) is 20.3 Å². The molecule has 11 heavy (non-hydrogen) atoms. The minimum Gasteiger partial charge on any atom is -0.357 e. The maximum Gasteiger partial charge on any atom is 0.224 e. The summed E-state index contributed by atoms with van der Waals surface area (Å²) >= 11 is 0. The van der Waals surface area contributed by atoms with Crippen LogP contribution in [0.3, 0.4) is 0 Å². The lowest BCUT2D eigenvalue weighted by atomic mass is 10.4. The number of hydrogen-bond donors (Lipinski definition) is 2. The molecule has 0 saturated heterocycles. The van der Waals surface area contributed by atoms with Crippen molar-refractivity contribution in [3.05, 3.63) is 18.5 Å². The zero-order chi connectivity index (χ0) is 7.68. The summed E-state index contributed by atoms with van der Waals surface area (Å²) in [6.45, 7) is 0. The van der Waals surface area contributed by atoms with E-state index in [9.17, 15) is 0 Å². The number of anilines is 1. The van der Waals surface area contributed by atoms with E-state index in [0.717, 1.165) is 11.0 Å². The second-order valence-corrected chi connectivity index (χ2v) is 2.23. The number of nitrogens with one attached hydrogen (secondary N) is 2. The zero-order valence-corrected chi connectivity index (χ0v) is 6.13. The van der Waals surface area contributed by atoms with Crippen molar-refractivity contribution < 1.29 is 0 Å². The molecule has 2 aromatic heterocycles. The minimum atomic E-state index is 0.639. The lowest BCUT2D eigenvalue weighted by molar-refractivity contribution is 1.18. The highest BCUT2D eigenvalue weighted by Crippen LogP contribution is 2.08. The summed E-state index contributed by atoms with van der Waals surface area (Å²) in [7, 11) is 1.80. The SMILES string of the molecule is CNc1ncc2cc[nH]c2n1. The van der Waals surface area contributed by atoms with Crippen LogP contribution in [-0.2, 0) is 0 Å². The highest BCUT2D eigenvalue weighted by molar-refractivity contribution is 5.75. The van der Waals surface area contributed by atoms with E-state index >= 15 is 0 Å². The molecule has 0 saturated carbocycles. The molecule has 0 bridgehead atoms. The van der Waals surface area contributed by atoms with Crippen LogP contribution in [0.25, 0.3) is 11.0 Å². The third kappa shape index (κ3) is 0.920. The third-order valence-corrected chi connectivity index (χ3v) is 1.52. The molecule has 0 aliphatic heterocycles. The molecular weight excluding hydrogens is 140 g/mol. The number of H-pyrrole nitrogens is 1. The van der Waals surface area contributed by atoms with E-state index in [4.69, 9.17) is 0 Å². The highest BCUT2D eigenvalue weighted by Gasteiger charge is 1.96. The van der Waals surface area contributed by atoms with Gasteiger partial charge in [0.1, 0.15) is 5.65 Å². The number of aromatic nitrogens is 3. The Bertz CT molecular complexity index is 365. The summed E-state index contributed by atoms with van der Waals surface area (Å²) in [5.74, 6) is 0.639. The number of fused-ring (bicyclic) bond motifs is 1. The number of rotatable bonds is 1. The van der Waals surface area contributed by atoms with Crippen molar-refractivity contribution in [2.45, 2.75) is 0 Å².